The number of hydrogen-bond donors (Lipinski definition) is 2. The summed E-state index contributed by atoms with van der Waals surface area (Å²) >= 11 is 0. The average Bonchev–Trinajstić information content (AvgIpc) is 2.71. The highest BCUT2D eigenvalue weighted by molar-refractivity contribution is 7.88. The molecule has 10 nitrogen and oxygen atoms in total. The van der Waals surface area contributed by atoms with Crippen molar-refractivity contribution in [1.29, 1.82) is 0 Å². The quantitative estimate of drug-likeness (QED) is 0.313. The van der Waals surface area contributed by atoms with Crippen molar-refractivity contribution in [3.05, 3.63) is 74.8 Å². The van der Waals surface area contributed by atoms with Gasteiger partial charge in [-0.1, -0.05) is 24.3 Å². The molecule has 2 N–H and O–H groups in total. The van der Waals surface area contributed by atoms with E-state index in [4.69, 9.17) is 4.74 Å². The third-order valence-electron chi connectivity index (χ3n) is 4.22. The Balaban J connectivity index is 2.23. The van der Waals surface area contributed by atoms with E-state index in [1.54, 1.807) is 45.0 Å². The van der Waals surface area contributed by atoms with Crippen LogP contribution in [0.5, 0.6) is 0 Å². The molecule has 0 aliphatic carbocycles. The lowest BCUT2D eigenvalue weighted by Crippen LogP contribution is -2.32. The zero-order chi connectivity index (χ0) is 23.9. The summed E-state index contributed by atoms with van der Waals surface area (Å²) in [5.41, 5.74) is 0.455. The lowest BCUT2D eigenvalue weighted by atomic mass is 10.1. The topological polar surface area (TPSA) is 145 Å². The van der Waals surface area contributed by atoms with Crippen molar-refractivity contribution in [2.75, 3.05) is 6.61 Å². The van der Waals surface area contributed by atoms with E-state index in [2.05, 4.69) is 10.0 Å². The van der Waals surface area contributed by atoms with Gasteiger partial charge in [0.15, 0.2) is 0 Å². The minimum Gasteiger partial charge on any atom is -0.462 e. The fourth-order valence-corrected chi connectivity index (χ4v) is 4.43. The van der Waals surface area contributed by atoms with Crippen LogP contribution in [0.25, 0.3) is 0 Å². The Morgan fingerprint density at radius 2 is 1.72 bits per heavy atom. The number of ether oxygens (including phenoxy) is 1. The Morgan fingerprint density at radius 1 is 1.09 bits per heavy atom. The predicted octanol–water partition coefficient (Wildman–Crippen LogP) is 2.53. The molecule has 0 atom stereocenters. The van der Waals surface area contributed by atoms with Gasteiger partial charge in [0.25, 0.3) is 11.6 Å². The maximum atomic E-state index is 12.7. The Hall–Kier alpha value is -3.31. The molecule has 0 aliphatic rings. The van der Waals surface area contributed by atoms with Crippen molar-refractivity contribution in [2.24, 2.45) is 0 Å². The lowest BCUT2D eigenvalue weighted by molar-refractivity contribution is -0.384. The largest absolute Gasteiger partial charge is 0.462 e. The molecule has 0 spiro atoms. The number of esters is 1. The molecule has 0 saturated carbocycles. The van der Waals surface area contributed by atoms with Gasteiger partial charge in [-0.3, -0.25) is 14.9 Å². The maximum Gasteiger partial charge on any atom is 0.338 e. The van der Waals surface area contributed by atoms with Crippen molar-refractivity contribution in [1.82, 2.24) is 10.0 Å². The standard InChI is InChI=1S/C21H25N3O7S/c1-4-31-21(26)18-9-17(10-19(11-18)24(27)28)20(25)22-12-15-7-5-6-8-16(15)13-32(29,30)23-14(2)3/h5-11,14,23H,4,12-13H2,1-3H3,(H,22,25). The molecule has 0 aliphatic heterocycles. The number of hydrogen-bond acceptors (Lipinski definition) is 7. The van der Waals surface area contributed by atoms with Gasteiger partial charge >= 0.3 is 5.97 Å². The van der Waals surface area contributed by atoms with Gasteiger partial charge in [0.2, 0.25) is 10.0 Å². The minimum absolute atomic E-state index is 0.0103. The molecular formula is C21H25N3O7S. The molecular weight excluding hydrogens is 438 g/mol. The van der Waals surface area contributed by atoms with E-state index in [0.29, 0.717) is 11.1 Å². The molecule has 0 radical (unpaired) electrons. The summed E-state index contributed by atoms with van der Waals surface area (Å²) in [4.78, 5) is 35.1. The number of amides is 1. The molecule has 0 unspecified atom stereocenters. The summed E-state index contributed by atoms with van der Waals surface area (Å²) in [6, 6.07) is 9.78. The van der Waals surface area contributed by atoms with E-state index in [1.165, 1.54) is 6.07 Å². The molecule has 1 amide bonds. The number of nitrogens with one attached hydrogen (secondary N) is 2. The summed E-state index contributed by atoms with van der Waals surface area (Å²) < 4.78 is 31.9. The second kappa shape index (κ2) is 10.8. The number of sulfonamides is 1. The fourth-order valence-electron chi connectivity index (χ4n) is 2.93. The zero-order valence-corrected chi connectivity index (χ0v) is 18.8. The Kier molecular flexibility index (Phi) is 8.44. The second-order valence-corrected chi connectivity index (χ2v) is 8.98. The normalized spacial score (nSPS) is 11.2. The number of benzene rings is 2. The van der Waals surface area contributed by atoms with Gasteiger partial charge in [-0.2, -0.15) is 0 Å². The summed E-state index contributed by atoms with van der Waals surface area (Å²) in [5.74, 6) is -1.70. The third kappa shape index (κ3) is 7.13. The van der Waals surface area contributed by atoms with Crippen LogP contribution in [0.1, 0.15) is 52.6 Å². The molecule has 172 valence electrons. The first-order valence-electron chi connectivity index (χ1n) is 9.84. The smallest absolute Gasteiger partial charge is 0.338 e. The summed E-state index contributed by atoms with van der Waals surface area (Å²) in [6.45, 7) is 5.09. The van der Waals surface area contributed by atoms with Gasteiger partial charge in [0.1, 0.15) is 0 Å². The molecule has 11 heteroatoms. The van der Waals surface area contributed by atoms with E-state index in [0.717, 1.165) is 12.1 Å². The van der Waals surface area contributed by atoms with Crippen molar-refractivity contribution in [2.45, 2.75) is 39.1 Å². The first-order valence-corrected chi connectivity index (χ1v) is 11.5. The van der Waals surface area contributed by atoms with Crippen LogP contribution < -0.4 is 10.0 Å². The minimum atomic E-state index is -3.57. The number of nitro benzene ring substituents is 1. The highest BCUT2D eigenvalue weighted by Gasteiger charge is 2.20. The molecule has 2 rings (SSSR count). The summed E-state index contributed by atoms with van der Waals surface area (Å²) in [7, 11) is -3.57. The van der Waals surface area contributed by atoms with Gasteiger partial charge in [-0.15, -0.1) is 0 Å². The molecule has 0 bridgehead atoms. The van der Waals surface area contributed by atoms with Crippen molar-refractivity contribution >= 4 is 27.6 Å². The van der Waals surface area contributed by atoms with Crippen LogP contribution in [0.4, 0.5) is 5.69 Å². The van der Waals surface area contributed by atoms with Gasteiger partial charge in [-0.05, 0) is 38.0 Å². The molecule has 0 saturated heterocycles. The third-order valence-corrected chi connectivity index (χ3v) is 5.74. The second-order valence-electron chi connectivity index (χ2n) is 7.23. The Bertz CT molecular complexity index is 1110. The maximum absolute atomic E-state index is 12.7. The van der Waals surface area contributed by atoms with Crippen molar-refractivity contribution < 1.29 is 27.7 Å². The summed E-state index contributed by atoms with van der Waals surface area (Å²) in [6.07, 6.45) is 0. The molecule has 0 fully saturated rings. The van der Waals surface area contributed by atoms with Gasteiger partial charge < -0.3 is 10.1 Å². The van der Waals surface area contributed by atoms with Gasteiger partial charge in [0.05, 0.1) is 22.8 Å². The van der Waals surface area contributed by atoms with Crippen LogP contribution >= 0.6 is 0 Å². The number of non-ortho nitro benzene ring substituents is 1. The van der Waals surface area contributed by atoms with E-state index in [1.807, 2.05) is 0 Å². The summed E-state index contributed by atoms with van der Waals surface area (Å²) in [5, 5.41) is 13.8. The first kappa shape index (κ1) is 25.0. The van der Waals surface area contributed by atoms with Crippen molar-refractivity contribution in [3.8, 4) is 0 Å². The number of nitro groups is 1. The zero-order valence-electron chi connectivity index (χ0n) is 18.0. The predicted molar refractivity (Wildman–Crippen MR) is 118 cm³/mol. The molecule has 0 aromatic heterocycles. The SMILES string of the molecule is CCOC(=O)c1cc(C(=O)NCc2ccccc2CS(=O)(=O)NC(C)C)cc([N+](=O)[O-])c1. The van der Waals surface area contributed by atoms with Gasteiger partial charge in [-0.25, -0.2) is 17.9 Å². The fraction of sp³-hybridized carbons (Fsp3) is 0.333. The van der Waals surface area contributed by atoms with Crippen LogP contribution in [0.3, 0.4) is 0 Å². The monoisotopic (exact) mass is 463 g/mol. The van der Waals surface area contributed by atoms with E-state index in [-0.39, 0.29) is 36.1 Å². The number of carbonyl (C=O) groups is 2. The van der Waals surface area contributed by atoms with Crippen LogP contribution in [0, 0.1) is 10.1 Å². The Labute approximate surface area is 186 Å². The molecule has 0 heterocycles. The lowest BCUT2D eigenvalue weighted by Gasteiger charge is -2.13. The highest BCUT2D eigenvalue weighted by Crippen LogP contribution is 2.19. The Morgan fingerprint density at radius 3 is 2.31 bits per heavy atom. The van der Waals surface area contributed by atoms with Crippen LogP contribution in [-0.4, -0.2) is 37.9 Å². The van der Waals surface area contributed by atoms with Crippen molar-refractivity contribution in [3.63, 3.8) is 0 Å². The highest BCUT2D eigenvalue weighted by atomic mass is 32.2. The number of carbonyl (C=O) groups excluding carboxylic acids is 2. The van der Waals surface area contributed by atoms with E-state index < -0.39 is 32.5 Å². The molecule has 2 aromatic carbocycles. The number of nitrogens with zero attached hydrogens (tertiary/aromatic N) is 1. The van der Waals surface area contributed by atoms with Crippen LogP contribution in [-0.2, 0) is 27.1 Å². The molecule has 32 heavy (non-hydrogen) atoms. The number of rotatable bonds is 10. The van der Waals surface area contributed by atoms with Gasteiger partial charge in [0, 0.05) is 30.3 Å². The van der Waals surface area contributed by atoms with E-state index >= 15 is 0 Å². The van der Waals surface area contributed by atoms with Crippen LogP contribution in [0.15, 0.2) is 42.5 Å². The van der Waals surface area contributed by atoms with Crippen LogP contribution in [0.2, 0.25) is 0 Å². The molecule has 2 aromatic rings. The first-order chi connectivity index (χ1) is 15.0. The van der Waals surface area contributed by atoms with E-state index in [9.17, 15) is 28.1 Å². The average molecular weight is 464 g/mol.